The lowest BCUT2D eigenvalue weighted by atomic mass is 10.0. The summed E-state index contributed by atoms with van der Waals surface area (Å²) in [5, 5.41) is 21.5. The van der Waals surface area contributed by atoms with E-state index in [9.17, 15) is 28.2 Å². The normalized spacial score (nSPS) is 19.6. The van der Waals surface area contributed by atoms with E-state index in [1.165, 1.54) is 15.9 Å². The third-order valence-electron chi connectivity index (χ3n) is 4.86. The topological polar surface area (TPSA) is 75.3 Å². The molecule has 0 aliphatic heterocycles. The van der Waals surface area contributed by atoms with Crippen LogP contribution in [0.5, 0.6) is 0 Å². The van der Waals surface area contributed by atoms with Crippen LogP contribution in [0.25, 0.3) is 11.0 Å². The van der Waals surface area contributed by atoms with E-state index in [1.54, 1.807) is 6.07 Å². The summed E-state index contributed by atoms with van der Waals surface area (Å²) < 4.78 is 42.4. The van der Waals surface area contributed by atoms with E-state index < -0.39 is 29.7 Å². The Morgan fingerprint density at radius 1 is 1.37 bits per heavy atom. The van der Waals surface area contributed by atoms with Crippen LogP contribution in [0.2, 0.25) is 0 Å². The molecule has 0 radical (unpaired) electrons. The molecule has 0 aromatic carbocycles. The fourth-order valence-electron chi connectivity index (χ4n) is 3.92. The Labute approximate surface area is 155 Å². The van der Waals surface area contributed by atoms with Gasteiger partial charge in [0.1, 0.15) is 0 Å². The minimum absolute atomic E-state index is 0.0942. The van der Waals surface area contributed by atoms with Crippen molar-refractivity contribution in [2.24, 2.45) is 0 Å². The van der Waals surface area contributed by atoms with Gasteiger partial charge in [0.05, 0.1) is 35.7 Å². The summed E-state index contributed by atoms with van der Waals surface area (Å²) in [4.78, 5) is 16.2. The molecule has 0 saturated carbocycles. The quantitative estimate of drug-likeness (QED) is 0.694. The van der Waals surface area contributed by atoms with Gasteiger partial charge >= 0.3 is 12.1 Å². The number of aromatic nitrogens is 2. The number of carboxylic acid groups (broad SMARTS) is 1. The molecule has 2 atom stereocenters. The van der Waals surface area contributed by atoms with Crippen LogP contribution in [0.15, 0.2) is 29.8 Å². The van der Waals surface area contributed by atoms with Crippen molar-refractivity contribution in [3.63, 3.8) is 0 Å². The SMILES string of the molecule is O=C(O)CC1CC(O)c2c1n(Cc1cccs1)c1c(C(F)(F)F)ccnc21. The third kappa shape index (κ3) is 3.00. The summed E-state index contributed by atoms with van der Waals surface area (Å²) in [6, 6.07) is 4.53. The molecule has 0 bridgehead atoms. The predicted octanol–water partition coefficient (Wildman–Crippen LogP) is 4.16. The second-order valence-electron chi connectivity index (χ2n) is 6.56. The number of hydrogen-bond donors (Lipinski definition) is 2. The minimum Gasteiger partial charge on any atom is -0.481 e. The van der Waals surface area contributed by atoms with Gasteiger partial charge < -0.3 is 14.8 Å². The molecule has 27 heavy (non-hydrogen) atoms. The number of nitrogens with zero attached hydrogens (tertiary/aromatic N) is 2. The van der Waals surface area contributed by atoms with E-state index in [0.29, 0.717) is 11.3 Å². The lowest BCUT2D eigenvalue weighted by Crippen LogP contribution is -2.13. The van der Waals surface area contributed by atoms with Crippen LogP contribution >= 0.6 is 11.3 Å². The molecule has 5 nitrogen and oxygen atoms in total. The molecule has 2 N–H and O–H groups in total. The molecule has 1 aliphatic carbocycles. The van der Waals surface area contributed by atoms with Crippen molar-refractivity contribution in [2.45, 2.75) is 37.6 Å². The molecule has 0 fully saturated rings. The largest absolute Gasteiger partial charge is 0.481 e. The van der Waals surface area contributed by atoms with Gasteiger partial charge in [-0.1, -0.05) is 6.07 Å². The standard InChI is InChI=1S/C18H15F3N2O3S/c19-18(20,21)11-3-4-22-15-14-12(24)6-9(7-13(25)26)16(14)23(17(11)15)8-10-2-1-5-27-10/h1-5,9,12,24H,6-8H2,(H,25,26). The van der Waals surface area contributed by atoms with Gasteiger partial charge in [-0.2, -0.15) is 13.2 Å². The van der Waals surface area contributed by atoms with E-state index in [2.05, 4.69) is 4.98 Å². The molecule has 0 amide bonds. The van der Waals surface area contributed by atoms with Gasteiger partial charge in [0.2, 0.25) is 0 Å². The van der Waals surface area contributed by atoms with Crippen molar-refractivity contribution in [1.82, 2.24) is 9.55 Å². The number of aliphatic carboxylic acids is 1. The Morgan fingerprint density at radius 3 is 2.78 bits per heavy atom. The number of rotatable bonds is 4. The van der Waals surface area contributed by atoms with E-state index in [0.717, 1.165) is 17.1 Å². The average Bonchev–Trinajstić information content (AvgIpc) is 3.25. The van der Waals surface area contributed by atoms with Crippen molar-refractivity contribution < 1.29 is 28.2 Å². The van der Waals surface area contributed by atoms with E-state index in [4.69, 9.17) is 0 Å². The minimum atomic E-state index is -4.59. The number of hydrogen-bond acceptors (Lipinski definition) is 4. The number of pyridine rings is 1. The van der Waals surface area contributed by atoms with Crippen LogP contribution in [0.1, 0.15) is 46.6 Å². The molecule has 0 saturated heterocycles. The summed E-state index contributed by atoms with van der Waals surface area (Å²) >= 11 is 1.40. The maximum Gasteiger partial charge on any atom is 0.418 e. The number of carbonyl (C=O) groups is 1. The van der Waals surface area contributed by atoms with Crippen LogP contribution < -0.4 is 0 Å². The van der Waals surface area contributed by atoms with Crippen LogP contribution in [0, 0.1) is 0 Å². The van der Waals surface area contributed by atoms with Crippen LogP contribution in [-0.4, -0.2) is 25.7 Å². The summed E-state index contributed by atoms with van der Waals surface area (Å²) in [7, 11) is 0. The Balaban J connectivity index is 2.02. The first-order valence-electron chi connectivity index (χ1n) is 8.27. The molecule has 9 heteroatoms. The molecule has 0 spiro atoms. The molecular formula is C18H15F3N2O3S. The summed E-state index contributed by atoms with van der Waals surface area (Å²) in [6.07, 6.45) is -4.64. The zero-order chi connectivity index (χ0) is 19.3. The number of thiophene rings is 1. The first-order chi connectivity index (χ1) is 12.8. The molecule has 3 heterocycles. The Morgan fingerprint density at radius 2 is 2.15 bits per heavy atom. The van der Waals surface area contributed by atoms with Crippen LogP contribution in [0.3, 0.4) is 0 Å². The molecule has 2 unspecified atom stereocenters. The van der Waals surface area contributed by atoms with Crippen molar-refractivity contribution >= 4 is 28.3 Å². The Bertz CT molecular complexity index is 1010. The number of aliphatic hydroxyl groups excluding tert-OH is 1. The van der Waals surface area contributed by atoms with Gasteiger partial charge in [0.15, 0.2) is 0 Å². The molecule has 4 rings (SSSR count). The Kier molecular flexibility index (Phi) is 4.23. The van der Waals surface area contributed by atoms with Crippen molar-refractivity contribution in [3.05, 3.63) is 51.5 Å². The van der Waals surface area contributed by atoms with E-state index in [1.807, 2.05) is 11.4 Å². The number of fused-ring (bicyclic) bond motifs is 3. The lowest BCUT2D eigenvalue weighted by Gasteiger charge is -2.17. The predicted molar refractivity (Wildman–Crippen MR) is 92.7 cm³/mol. The Hall–Kier alpha value is -2.39. The molecular weight excluding hydrogens is 381 g/mol. The molecule has 3 aromatic heterocycles. The highest BCUT2D eigenvalue weighted by molar-refractivity contribution is 7.09. The van der Waals surface area contributed by atoms with Gasteiger partial charge in [-0.25, -0.2) is 0 Å². The van der Waals surface area contributed by atoms with E-state index >= 15 is 0 Å². The fraction of sp³-hybridized carbons (Fsp3) is 0.333. The number of aliphatic hydroxyl groups is 1. The van der Waals surface area contributed by atoms with E-state index in [-0.39, 0.29) is 30.4 Å². The fourth-order valence-corrected chi connectivity index (χ4v) is 4.61. The monoisotopic (exact) mass is 396 g/mol. The summed E-state index contributed by atoms with van der Waals surface area (Å²) in [5.41, 5.74) is -0.0783. The smallest absolute Gasteiger partial charge is 0.418 e. The van der Waals surface area contributed by atoms with Gasteiger partial charge in [0.25, 0.3) is 0 Å². The first-order valence-corrected chi connectivity index (χ1v) is 9.15. The van der Waals surface area contributed by atoms with Crippen LogP contribution in [0.4, 0.5) is 13.2 Å². The molecule has 3 aromatic rings. The van der Waals surface area contributed by atoms with Gasteiger partial charge in [-0.05, 0) is 23.9 Å². The first kappa shape index (κ1) is 18.0. The second kappa shape index (κ2) is 6.35. The number of alkyl halides is 3. The zero-order valence-corrected chi connectivity index (χ0v) is 14.7. The van der Waals surface area contributed by atoms with Crippen LogP contribution in [-0.2, 0) is 17.5 Å². The maximum absolute atomic E-state index is 13.6. The zero-order valence-electron chi connectivity index (χ0n) is 13.9. The van der Waals surface area contributed by atoms with Crippen molar-refractivity contribution in [2.75, 3.05) is 0 Å². The van der Waals surface area contributed by atoms with Gasteiger partial charge in [-0.15, -0.1) is 11.3 Å². The highest BCUT2D eigenvalue weighted by atomic mass is 32.1. The molecule has 142 valence electrons. The second-order valence-corrected chi connectivity index (χ2v) is 7.60. The van der Waals surface area contributed by atoms with Gasteiger partial charge in [-0.3, -0.25) is 9.78 Å². The summed E-state index contributed by atoms with van der Waals surface area (Å²) in [6.45, 7) is 0.168. The van der Waals surface area contributed by atoms with Crippen molar-refractivity contribution in [1.29, 1.82) is 0 Å². The maximum atomic E-state index is 13.6. The highest BCUT2D eigenvalue weighted by Crippen LogP contribution is 2.49. The lowest BCUT2D eigenvalue weighted by molar-refractivity contribution is -0.138. The molecule has 1 aliphatic rings. The third-order valence-corrected chi connectivity index (χ3v) is 5.73. The van der Waals surface area contributed by atoms with Gasteiger partial charge in [0, 0.05) is 28.2 Å². The summed E-state index contributed by atoms with van der Waals surface area (Å²) in [5.74, 6) is -1.63. The number of carboxylic acids is 1. The average molecular weight is 396 g/mol. The van der Waals surface area contributed by atoms with Crippen molar-refractivity contribution in [3.8, 4) is 0 Å². The number of halogens is 3. The highest BCUT2D eigenvalue weighted by Gasteiger charge is 2.41.